The molecular formula is C13H20N4O3. The van der Waals surface area contributed by atoms with E-state index in [1.807, 2.05) is 20.8 Å². The fourth-order valence-electron chi connectivity index (χ4n) is 1.77. The Morgan fingerprint density at radius 2 is 2.00 bits per heavy atom. The van der Waals surface area contributed by atoms with E-state index in [2.05, 4.69) is 5.43 Å². The van der Waals surface area contributed by atoms with Gasteiger partial charge in [-0.15, -0.1) is 0 Å². The predicted octanol–water partition coefficient (Wildman–Crippen LogP) is 2.00. The summed E-state index contributed by atoms with van der Waals surface area (Å²) in [6.45, 7) is 5.93. The number of nitrogens with one attached hydrogen (secondary N) is 1. The normalized spacial score (nSPS) is 12.1. The number of nitrogens with two attached hydrogens (primary N) is 1. The molecule has 1 atom stereocenters. The Labute approximate surface area is 117 Å². The lowest BCUT2D eigenvalue weighted by molar-refractivity contribution is -0.384. The summed E-state index contributed by atoms with van der Waals surface area (Å²) in [7, 11) is 1.67. The third-order valence-electron chi connectivity index (χ3n) is 3.50. The molecule has 1 aromatic rings. The molecule has 0 radical (unpaired) electrons. The highest BCUT2D eigenvalue weighted by molar-refractivity contribution is 6.00. The van der Waals surface area contributed by atoms with Crippen LogP contribution in [0.5, 0.6) is 0 Å². The molecule has 0 aliphatic heterocycles. The molecule has 1 amide bonds. The Bertz CT molecular complexity index is 516. The van der Waals surface area contributed by atoms with Crippen LogP contribution in [0.3, 0.4) is 0 Å². The van der Waals surface area contributed by atoms with Crippen molar-refractivity contribution in [2.75, 3.05) is 12.5 Å². The largest absolute Gasteiger partial charge is 0.339 e. The third-order valence-corrected chi connectivity index (χ3v) is 3.50. The number of amides is 1. The van der Waals surface area contributed by atoms with Crippen molar-refractivity contribution in [2.24, 2.45) is 11.8 Å². The average molecular weight is 280 g/mol. The fraction of sp³-hybridized carbons (Fsp3) is 0.462. The summed E-state index contributed by atoms with van der Waals surface area (Å²) in [6.07, 6.45) is 0. The zero-order valence-electron chi connectivity index (χ0n) is 12.1. The minimum atomic E-state index is -0.539. The van der Waals surface area contributed by atoms with E-state index in [1.165, 1.54) is 18.2 Å². The molecule has 0 fully saturated rings. The molecule has 3 N–H and O–H groups in total. The van der Waals surface area contributed by atoms with Crippen LogP contribution in [0.25, 0.3) is 0 Å². The highest BCUT2D eigenvalue weighted by Gasteiger charge is 2.23. The molecule has 20 heavy (non-hydrogen) atoms. The van der Waals surface area contributed by atoms with Crippen LogP contribution in [0.15, 0.2) is 18.2 Å². The smallest absolute Gasteiger partial charge is 0.270 e. The molecule has 0 heterocycles. The number of hydrazine groups is 1. The molecule has 110 valence electrons. The molecule has 0 saturated carbocycles. The maximum absolute atomic E-state index is 12.5. The van der Waals surface area contributed by atoms with Crippen LogP contribution >= 0.6 is 0 Å². The van der Waals surface area contributed by atoms with E-state index in [0.29, 0.717) is 5.69 Å². The lowest BCUT2D eigenvalue weighted by Crippen LogP contribution is -2.38. The van der Waals surface area contributed by atoms with Gasteiger partial charge in [0.05, 0.1) is 16.2 Å². The number of rotatable bonds is 5. The number of nitro groups is 1. The minimum Gasteiger partial charge on any atom is -0.339 e. The maximum Gasteiger partial charge on any atom is 0.270 e. The van der Waals surface area contributed by atoms with E-state index in [4.69, 9.17) is 5.84 Å². The average Bonchev–Trinajstić information content (AvgIpc) is 2.43. The molecule has 7 nitrogen and oxygen atoms in total. The molecular weight excluding hydrogens is 260 g/mol. The highest BCUT2D eigenvalue weighted by atomic mass is 16.6. The first-order valence-electron chi connectivity index (χ1n) is 6.31. The van der Waals surface area contributed by atoms with Gasteiger partial charge in [-0.1, -0.05) is 13.8 Å². The van der Waals surface area contributed by atoms with Crippen LogP contribution < -0.4 is 11.3 Å². The molecule has 0 saturated heterocycles. The van der Waals surface area contributed by atoms with Gasteiger partial charge in [-0.3, -0.25) is 20.8 Å². The molecule has 7 heteroatoms. The molecule has 0 aromatic heterocycles. The number of nitro benzene ring substituents is 1. The molecule has 0 aliphatic carbocycles. The van der Waals surface area contributed by atoms with Crippen molar-refractivity contribution in [2.45, 2.75) is 26.8 Å². The third kappa shape index (κ3) is 3.24. The number of carbonyl (C=O) groups excluding carboxylic acids is 1. The van der Waals surface area contributed by atoms with Gasteiger partial charge in [0.1, 0.15) is 0 Å². The standard InChI is InChI=1S/C13H20N4O3/c1-8(2)9(3)16(4)13(18)11-7-10(17(19)20)5-6-12(11)15-14/h5-9,15H,14H2,1-4H3. The number of benzene rings is 1. The first-order chi connectivity index (χ1) is 9.29. The Morgan fingerprint density at radius 3 is 2.45 bits per heavy atom. The Morgan fingerprint density at radius 1 is 1.40 bits per heavy atom. The van der Waals surface area contributed by atoms with Crippen molar-refractivity contribution in [1.29, 1.82) is 0 Å². The summed E-state index contributed by atoms with van der Waals surface area (Å²) in [4.78, 5) is 24.3. The highest BCUT2D eigenvalue weighted by Crippen LogP contribution is 2.24. The Balaban J connectivity index is 3.19. The summed E-state index contributed by atoms with van der Waals surface area (Å²) in [5, 5.41) is 10.8. The van der Waals surface area contributed by atoms with Crippen LogP contribution in [-0.2, 0) is 0 Å². The van der Waals surface area contributed by atoms with Crippen LogP contribution in [0.1, 0.15) is 31.1 Å². The monoisotopic (exact) mass is 280 g/mol. The molecule has 1 aromatic carbocycles. The van der Waals surface area contributed by atoms with Gasteiger partial charge in [-0.05, 0) is 18.9 Å². The van der Waals surface area contributed by atoms with Crippen LogP contribution in [0, 0.1) is 16.0 Å². The van der Waals surface area contributed by atoms with E-state index in [-0.39, 0.29) is 29.1 Å². The second-order valence-electron chi connectivity index (χ2n) is 5.03. The van der Waals surface area contributed by atoms with Crippen molar-refractivity contribution in [3.05, 3.63) is 33.9 Å². The Kier molecular flexibility index (Phi) is 5.04. The summed E-state index contributed by atoms with van der Waals surface area (Å²) in [5.74, 6) is 5.33. The number of non-ortho nitro benzene ring substituents is 1. The topological polar surface area (TPSA) is 102 Å². The van der Waals surface area contributed by atoms with Gasteiger partial charge in [0.15, 0.2) is 0 Å². The van der Waals surface area contributed by atoms with Crippen molar-refractivity contribution in [3.8, 4) is 0 Å². The van der Waals surface area contributed by atoms with Crippen molar-refractivity contribution < 1.29 is 9.72 Å². The van der Waals surface area contributed by atoms with Gasteiger partial charge < -0.3 is 10.3 Å². The first kappa shape index (κ1) is 15.9. The fourth-order valence-corrected chi connectivity index (χ4v) is 1.77. The van der Waals surface area contributed by atoms with Gasteiger partial charge in [0.25, 0.3) is 11.6 Å². The quantitative estimate of drug-likeness (QED) is 0.488. The summed E-state index contributed by atoms with van der Waals surface area (Å²) in [5.41, 5.74) is 2.81. The zero-order valence-corrected chi connectivity index (χ0v) is 12.1. The molecule has 1 rings (SSSR count). The number of anilines is 1. The SMILES string of the molecule is CC(C)C(C)N(C)C(=O)c1cc([N+](=O)[O-])ccc1NN. The minimum absolute atomic E-state index is 0.00684. The van der Waals surface area contributed by atoms with E-state index < -0.39 is 4.92 Å². The van der Waals surface area contributed by atoms with Gasteiger partial charge in [0.2, 0.25) is 0 Å². The molecule has 0 aliphatic rings. The number of carbonyl (C=O) groups is 1. The van der Waals surface area contributed by atoms with Gasteiger partial charge in [-0.2, -0.15) is 0 Å². The van der Waals surface area contributed by atoms with Crippen molar-refractivity contribution in [1.82, 2.24) is 4.90 Å². The van der Waals surface area contributed by atoms with Gasteiger partial charge in [0, 0.05) is 25.2 Å². The number of hydrogen-bond donors (Lipinski definition) is 2. The van der Waals surface area contributed by atoms with Crippen LogP contribution in [0.2, 0.25) is 0 Å². The van der Waals surface area contributed by atoms with Gasteiger partial charge >= 0.3 is 0 Å². The lowest BCUT2D eigenvalue weighted by atomic mass is 10.0. The van der Waals surface area contributed by atoms with E-state index in [9.17, 15) is 14.9 Å². The van der Waals surface area contributed by atoms with Crippen molar-refractivity contribution >= 4 is 17.3 Å². The van der Waals surface area contributed by atoms with Crippen molar-refractivity contribution in [3.63, 3.8) is 0 Å². The second-order valence-corrected chi connectivity index (χ2v) is 5.03. The number of nitrogens with zero attached hydrogens (tertiary/aromatic N) is 2. The van der Waals surface area contributed by atoms with Crippen LogP contribution in [-0.4, -0.2) is 28.8 Å². The second kappa shape index (κ2) is 6.33. The van der Waals surface area contributed by atoms with E-state index in [1.54, 1.807) is 11.9 Å². The maximum atomic E-state index is 12.5. The van der Waals surface area contributed by atoms with E-state index in [0.717, 1.165) is 0 Å². The molecule has 0 spiro atoms. The summed E-state index contributed by atoms with van der Waals surface area (Å²) >= 11 is 0. The number of hydrogen-bond acceptors (Lipinski definition) is 5. The number of nitrogen functional groups attached to an aromatic ring is 1. The molecule has 0 bridgehead atoms. The summed E-state index contributed by atoms with van der Waals surface area (Å²) < 4.78 is 0. The summed E-state index contributed by atoms with van der Waals surface area (Å²) in [6, 6.07) is 3.98. The van der Waals surface area contributed by atoms with Gasteiger partial charge in [-0.25, -0.2) is 0 Å². The molecule has 1 unspecified atom stereocenters. The first-order valence-corrected chi connectivity index (χ1v) is 6.31. The van der Waals surface area contributed by atoms with E-state index >= 15 is 0 Å². The zero-order chi connectivity index (χ0) is 15.4. The lowest BCUT2D eigenvalue weighted by Gasteiger charge is -2.28. The predicted molar refractivity (Wildman–Crippen MR) is 77.3 cm³/mol. The Hall–Kier alpha value is -2.15. The van der Waals surface area contributed by atoms with Crippen LogP contribution in [0.4, 0.5) is 11.4 Å².